The molecular formula is C27H33NO10S. The van der Waals surface area contributed by atoms with Crippen molar-refractivity contribution < 1.29 is 46.4 Å². The van der Waals surface area contributed by atoms with Crippen LogP contribution >= 0.6 is 0 Å². The number of rotatable bonds is 14. The highest BCUT2D eigenvalue weighted by molar-refractivity contribution is 7.93. The smallest absolute Gasteiger partial charge is 0.347 e. The van der Waals surface area contributed by atoms with Crippen LogP contribution < -0.4 is 24.3 Å². The van der Waals surface area contributed by atoms with E-state index in [1.165, 1.54) is 40.6 Å². The summed E-state index contributed by atoms with van der Waals surface area (Å²) in [4.78, 5) is 24.5. The van der Waals surface area contributed by atoms with Gasteiger partial charge in [-0.1, -0.05) is 6.07 Å². The van der Waals surface area contributed by atoms with Gasteiger partial charge in [-0.3, -0.25) is 0 Å². The molecule has 0 aliphatic carbocycles. The molecule has 212 valence electrons. The first kappa shape index (κ1) is 31.0. The molecule has 0 radical (unpaired) electrons. The van der Waals surface area contributed by atoms with Gasteiger partial charge in [0.15, 0.2) is 15.4 Å². The molecular weight excluding hydrogens is 530 g/mol. The molecule has 1 N–H and O–H groups in total. The Hall–Kier alpha value is -4.19. The van der Waals surface area contributed by atoms with Crippen LogP contribution in [0.1, 0.15) is 25.0 Å². The summed E-state index contributed by atoms with van der Waals surface area (Å²) in [6.45, 7) is 3.34. The van der Waals surface area contributed by atoms with Gasteiger partial charge in [-0.25, -0.2) is 18.0 Å². The van der Waals surface area contributed by atoms with E-state index in [-0.39, 0.29) is 24.5 Å². The monoisotopic (exact) mass is 563 g/mol. The average molecular weight is 564 g/mol. The number of benzene rings is 2. The Labute approximate surface area is 228 Å². The number of hydrogen-bond donors (Lipinski definition) is 1. The van der Waals surface area contributed by atoms with Crippen LogP contribution in [-0.4, -0.2) is 62.0 Å². The minimum Gasteiger partial charge on any atom is -0.496 e. The highest BCUT2D eigenvalue weighted by Gasteiger charge is 2.21. The number of anilines is 1. The second-order valence-electron chi connectivity index (χ2n) is 7.73. The highest BCUT2D eigenvalue weighted by Crippen LogP contribution is 2.35. The third-order valence-electron chi connectivity index (χ3n) is 5.19. The molecule has 0 unspecified atom stereocenters. The fourth-order valence-corrected chi connectivity index (χ4v) is 4.46. The van der Waals surface area contributed by atoms with Gasteiger partial charge in [-0.2, -0.15) is 0 Å². The van der Waals surface area contributed by atoms with Crippen molar-refractivity contribution in [2.45, 2.75) is 19.6 Å². The van der Waals surface area contributed by atoms with Crippen LogP contribution in [0.2, 0.25) is 0 Å². The molecule has 0 aliphatic rings. The zero-order valence-corrected chi connectivity index (χ0v) is 23.5. The maximum absolute atomic E-state index is 13.0. The van der Waals surface area contributed by atoms with Gasteiger partial charge < -0.3 is 33.7 Å². The van der Waals surface area contributed by atoms with E-state index >= 15 is 0 Å². The molecule has 0 saturated carbocycles. The lowest BCUT2D eigenvalue weighted by Gasteiger charge is -2.13. The fourth-order valence-electron chi connectivity index (χ4n) is 3.38. The standard InChI is InChI=1S/C27H33NO10S/c1-7-37-26(29)21(27(30)38-8-2)16-28-22-13-18(9-10-23(22)34-4)17-39(31,32)12-11-20-24(35-5)14-19(33-3)15-25(20)36-6/h9-16,28H,7-8,17H2,1-6H3/b12-11+. The highest BCUT2D eigenvalue weighted by atomic mass is 32.2. The van der Waals surface area contributed by atoms with Crippen LogP contribution in [0, 0.1) is 0 Å². The third-order valence-corrected chi connectivity index (χ3v) is 6.48. The molecule has 2 aromatic carbocycles. The van der Waals surface area contributed by atoms with E-state index in [1.807, 2.05) is 0 Å². The lowest BCUT2D eigenvalue weighted by atomic mass is 10.1. The van der Waals surface area contributed by atoms with Gasteiger partial charge in [0.05, 0.1) is 58.7 Å². The second kappa shape index (κ2) is 14.7. The van der Waals surface area contributed by atoms with Gasteiger partial charge in [-0.15, -0.1) is 0 Å². The maximum Gasteiger partial charge on any atom is 0.347 e. The predicted octanol–water partition coefficient (Wildman–Crippen LogP) is 3.73. The molecule has 0 spiro atoms. The summed E-state index contributed by atoms with van der Waals surface area (Å²) in [5.74, 6) is -0.493. The van der Waals surface area contributed by atoms with Gasteiger partial charge >= 0.3 is 11.9 Å². The van der Waals surface area contributed by atoms with Crippen molar-refractivity contribution in [2.75, 3.05) is 47.0 Å². The Morgan fingerprint density at radius 1 is 0.821 bits per heavy atom. The molecule has 0 atom stereocenters. The first-order valence-corrected chi connectivity index (χ1v) is 13.5. The number of carbonyl (C=O) groups is 2. The number of esters is 2. The predicted molar refractivity (Wildman–Crippen MR) is 146 cm³/mol. The van der Waals surface area contributed by atoms with Crippen LogP contribution in [0.25, 0.3) is 6.08 Å². The largest absolute Gasteiger partial charge is 0.496 e. The number of carbonyl (C=O) groups excluding carboxylic acids is 2. The first-order chi connectivity index (χ1) is 18.6. The van der Waals surface area contributed by atoms with Crippen molar-refractivity contribution in [1.29, 1.82) is 0 Å². The quantitative estimate of drug-likeness (QED) is 0.156. The van der Waals surface area contributed by atoms with Crippen molar-refractivity contribution in [3.63, 3.8) is 0 Å². The van der Waals surface area contributed by atoms with Gasteiger partial charge in [-0.05, 0) is 37.6 Å². The first-order valence-electron chi connectivity index (χ1n) is 11.8. The summed E-state index contributed by atoms with van der Waals surface area (Å²) in [7, 11) is 2.07. The molecule has 12 heteroatoms. The van der Waals surface area contributed by atoms with E-state index in [0.717, 1.165) is 11.6 Å². The third kappa shape index (κ3) is 8.67. The molecule has 0 aromatic heterocycles. The van der Waals surface area contributed by atoms with Crippen LogP contribution in [0.3, 0.4) is 0 Å². The van der Waals surface area contributed by atoms with Crippen molar-refractivity contribution in [2.24, 2.45) is 0 Å². The lowest BCUT2D eigenvalue weighted by Crippen LogP contribution is -2.19. The van der Waals surface area contributed by atoms with Gasteiger partial charge in [0.25, 0.3) is 0 Å². The number of nitrogens with one attached hydrogen (secondary N) is 1. The van der Waals surface area contributed by atoms with Crippen LogP contribution in [-0.2, 0) is 34.7 Å². The molecule has 0 fully saturated rings. The van der Waals surface area contributed by atoms with E-state index < -0.39 is 21.8 Å². The number of methoxy groups -OCH3 is 4. The van der Waals surface area contributed by atoms with Gasteiger partial charge in [0, 0.05) is 23.7 Å². The van der Waals surface area contributed by atoms with Crippen molar-refractivity contribution >= 4 is 33.5 Å². The van der Waals surface area contributed by atoms with Crippen molar-refractivity contribution in [1.82, 2.24) is 0 Å². The maximum atomic E-state index is 13.0. The Morgan fingerprint density at radius 3 is 1.87 bits per heavy atom. The average Bonchev–Trinajstić information content (AvgIpc) is 2.91. The van der Waals surface area contributed by atoms with E-state index in [2.05, 4.69) is 5.32 Å². The van der Waals surface area contributed by atoms with Crippen LogP contribution in [0.4, 0.5) is 5.69 Å². The fraction of sp³-hybridized carbons (Fsp3) is 0.333. The Kier molecular flexibility index (Phi) is 11.7. The van der Waals surface area contributed by atoms with E-state index in [1.54, 1.807) is 38.1 Å². The Balaban J connectivity index is 2.36. The number of hydrogen-bond acceptors (Lipinski definition) is 11. The van der Waals surface area contributed by atoms with E-state index in [0.29, 0.717) is 39.8 Å². The Morgan fingerprint density at radius 2 is 1.38 bits per heavy atom. The molecule has 2 rings (SSSR count). The number of ether oxygens (including phenoxy) is 6. The summed E-state index contributed by atoms with van der Waals surface area (Å²) >= 11 is 0. The Bertz CT molecular complexity index is 1290. The summed E-state index contributed by atoms with van der Waals surface area (Å²) in [5, 5.41) is 3.89. The van der Waals surface area contributed by atoms with Crippen molar-refractivity contribution in [3.8, 4) is 23.0 Å². The molecule has 0 amide bonds. The number of sulfone groups is 1. The molecule has 39 heavy (non-hydrogen) atoms. The SMILES string of the molecule is CCOC(=O)C(=CNc1cc(CS(=O)(=O)/C=C/c2c(OC)cc(OC)cc2OC)ccc1OC)C(=O)OCC. The molecule has 0 aliphatic heterocycles. The zero-order chi connectivity index (χ0) is 29.0. The molecule has 0 saturated heterocycles. The second-order valence-corrected chi connectivity index (χ2v) is 9.62. The van der Waals surface area contributed by atoms with Gasteiger partial charge in [0.2, 0.25) is 0 Å². The summed E-state index contributed by atoms with van der Waals surface area (Å²) in [5.41, 5.74) is 0.804. The van der Waals surface area contributed by atoms with E-state index in [9.17, 15) is 18.0 Å². The van der Waals surface area contributed by atoms with Gasteiger partial charge in [0.1, 0.15) is 23.0 Å². The molecule has 11 nitrogen and oxygen atoms in total. The molecule has 0 heterocycles. The van der Waals surface area contributed by atoms with Crippen LogP contribution in [0.5, 0.6) is 23.0 Å². The summed E-state index contributed by atoms with van der Waals surface area (Å²) < 4.78 is 57.1. The van der Waals surface area contributed by atoms with E-state index in [4.69, 9.17) is 28.4 Å². The lowest BCUT2D eigenvalue weighted by molar-refractivity contribution is -0.146. The topological polar surface area (TPSA) is 136 Å². The molecule has 2 aromatic rings. The minimum absolute atomic E-state index is 0.0635. The van der Waals surface area contributed by atoms with Crippen LogP contribution in [0.15, 0.2) is 47.5 Å². The zero-order valence-electron chi connectivity index (χ0n) is 22.7. The van der Waals surface area contributed by atoms with Crippen molar-refractivity contribution in [3.05, 3.63) is 58.6 Å². The minimum atomic E-state index is -3.76. The molecule has 0 bridgehead atoms. The normalized spacial score (nSPS) is 10.9. The summed E-state index contributed by atoms with van der Waals surface area (Å²) in [6, 6.07) is 7.92. The summed E-state index contributed by atoms with van der Waals surface area (Å²) in [6.07, 6.45) is 2.52.